The van der Waals surface area contributed by atoms with E-state index in [9.17, 15) is 38.7 Å². The molecule has 0 radical (unpaired) electrons. The Morgan fingerprint density at radius 3 is 1.96 bits per heavy atom. The highest BCUT2D eigenvalue weighted by atomic mass is 16.6. The summed E-state index contributed by atoms with van der Waals surface area (Å²) in [6.45, 7) is 10.4. The highest BCUT2D eigenvalue weighted by Gasteiger charge is 2.82. The quantitative estimate of drug-likeness (QED) is 0.305. The van der Waals surface area contributed by atoms with Crippen LogP contribution in [0.15, 0.2) is 30.3 Å². The normalized spacial score (nSPS) is 37.5. The fraction of sp³-hybridized carbons (Fsp3) is 0.649. The predicted molar refractivity (Wildman–Crippen MR) is 173 cm³/mol. The van der Waals surface area contributed by atoms with Crippen LogP contribution in [0.3, 0.4) is 0 Å². The van der Waals surface area contributed by atoms with Crippen molar-refractivity contribution in [3.8, 4) is 0 Å². The van der Waals surface area contributed by atoms with Crippen LogP contribution >= 0.6 is 0 Å². The van der Waals surface area contributed by atoms with Crippen molar-refractivity contribution in [2.24, 2.45) is 34.5 Å². The monoisotopic (exact) mass is 714 g/mol. The minimum atomic E-state index is -2.22. The van der Waals surface area contributed by atoms with Gasteiger partial charge >= 0.3 is 35.8 Å². The second-order valence-corrected chi connectivity index (χ2v) is 15.4. The van der Waals surface area contributed by atoms with Crippen molar-refractivity contribution in [2.45, 2.75) is 110 Å². The van der Waals surface area contributed by atoms with Gasteiger partial charge < -0.3 is 33.5 Å². The number of hydrogen-bond acceptors (Lipinski definition) is 14. The van der Waals surface area contributed by atoms with Gasteiger partial charge in [0.1, 0.15) is 23.6 Å². The van der Waals surface area contributed by atoms with Crippen LogP contribution in [-0.2, 0) is 57.2 Å². The van der Waals surface area contributed by atoms with Gasteiger partial charge in [0.25, 0.3) is 0 Å². The van der Waals surface area contributed by atoms with Gasteiger partial charge in [-0.15, -0.1) is 0 Å². The van der Waals surface area contributed by atoms with E-state index in [1.807, 2.05) is 0 Å². The van der Waals surface area contributed by atoms with Gasteiger partial charge in [-0.1, -0.05) is 45.9 Å². The maximum absolute atomic E-state index is 14.2. The molecule has 1 N–H and O–H groups in total. The summed E-state index contributed by atoms with van der Waals surface area (Å²) in [7, 11) is 0. The van der Waals surface area contributed by atoms with Crippen molar-refractivity contribution in [1.29, 1.82) is 0 Å². The van der Waals surface area contributed by atoms with E-state index in [-0.39, 0.29) is 30.6 Å². The zero-order valence-corrected chi connectivity index (χ0v) is 30.1. The Hall–Kier alpha value is -4.33. The number of fused-ring (bicyclic) bond motifs is 5. The van der Waals surface area contributed by atoms with Gasteiger partial charge in [-0.2, -0.15) is 0 Å². The molecule has 0 amide bonds. The molecule has 0 spiro atoms. The van der Waals surface area contributed by atoms with Gasteiger partial charge in [-0.3, -0.25) is 24.0 Å². The lowest BCUT2D eigenvalue weighted by molar-refractivity contribution is -0.269. The molecule has 14 nitrogen and oxygen atoms in total. The molecule has 4 saturated carbocycles. The lowest BCUT2D eigenvalue weighted by Crippen LogP contribution is -2.70. The van der Waals surface area contributed by atoms with E-state index in [4.69, 9.17) is 28.4 Å². The van der Waals surface area contributed by atoms with Crippen molar-refractivity contribution in [3.63, 3.8) is 0 Å². The molecule has 0 aliphatic heterocycles. The number of carbonyl (C=O) groups is 7. The Morgan fingerprint density at radius 1 is 0.784 bits per heavy atom. The summed E-state index contributed by atoms with van der Waals surface area (Å²) >= 11 is 0. The third kappa shape index (κ3) is 6.40. The Balaban J connectivity index is 1.85. The van der Waals surface area contributed by atoms with E-state index < -0.39 is 113 Å². The number of esters is 6. The maximum Gasteiger partial charge on any atom is 0.344 e. The summed E-state index contributed by atoms with van der Waals surface area (Å²) < 4.78 is 35.5. The second-order valence-electron chi connectivity index (χ2n) is 15.4. The minimum Gasteiger partial charge on any atom is -0.459 e. The van der Waals surface area contributed by atoms with E-state index in [1.165, 1.54) is 12.1 Å². The number of aliphatic hydroxyl groups is 1. The molecule has 2 bridgehead atoms. The van der Waals surface area contributed by atoms with E-state index in [2.05, 4.69) is 0 Å². The first-order chi connectivity index (χ1) is 23.7. The van der Waals surface area contributed by atoms with Crippen molar-refractivity contribution in [1.82, 2.24) is 0 Å². The molecule has 14 heteroatoms. The second kappa shape index (κ2) is 13.3. The molecule has 5 rings (SSSR count). The molecule has 11 atom stereocenters. The van der Waals surface area contributed by atoms with Crippen molar-refractivity contribution in [2.75, 3.05) is 6.61 Å². The van der Waals surface area contributed by atoms with Crippen LogP contribution in [0.5, 0.6) is 0 Å². The number of ether oxygens (including phenoxy) is 6. The predicted octanol–water partition coefficient (Wildman–Crippen LogP) is 2.89. The lowest BCUT2D eigenvalue weighted by atomic mass is 9.53. The van der Waals surface area contributed by atoms with Crippen LogP contribution in [0.1, 0.15) is 85.0 Å². The van der Waals surface area contributed by atoms with Crippen LogP contribution in [0.2, 0.25) is 0 Å². The molecule has 1 aromatic carbocycles. The van der Waals surface area contributed by atoms with Crippen LogP contribution in [0.25, 0.3) is 0 Å². The molecule has 3 unspecified atom stereocenters. The Labute approximate surface area is 295 Å². The SMILES string of the molecule is CC(=O)OCC(=O)O[C@@H]1[C@H]2[C@@H](OC(=O)c3ccccc3)[C@@H](C)C[C@]2(O)[C@H](OC(C)=O)C2(C)C(OC(C)=O)C1(OC(C)=O)C[C@H]1C(=O)C(C)(C)C[C@@H]12. The smallest absolute Gasteiger partial charge is 0.344 e. The zero-order valence-electron chi connectivity index (χ0n) is 30.1. The number of carbonyl (C=O) groups excluding carboxylic acids is 7. The summed E-state index contributed by atoms with van der Waals surface area (Å²) in [5.74, 6) is -9.32. The van der Waals surface area contributed by atoms with E-state index in [0.29, 0.717) is 0 Å². The van der Waals surface area contributed by atoms with Crippen LogP contribution in [-0.4, -0.2) is 88.9 Å². The van der Waals surface area contributed by atoms with Gasteiger partial charge in [-0.25, -0.2) is 9.59 Å². The number of ketones is 1. The maximum atomic E-state index is 14.2. The van der Waals surface area contributed by atoms with E-state index in [0.717, 1.165) is 27.7 Å². The fourth-order valence-electron chi connectivity index (χ4n) is 9.77. The highest BCUT2D eigenvalue weighted by molar-refractivity contribution is 5.90. The minimum absolute atomic E-state index is 0.175. The number of hydrogen-bond donors (Lipinski definition) is 1. The molecule has 0 saturated heterocycles. The summed E-state index contributed by atoms with van der Waals surface area (Å²) in [6, 6.07) is 8.03. The Morgan fingerprint density at radius 2 is 1.39 bits per heavy atom. The van der Waals surface area contributed by atoms with Crippen molar-refractivity contribution < 1.29 is 67.1 Å². The lowest BCUT2D eigenvalue weighted by Gasteiger charge is -2.58. The number of Topliss-reactive ketones (excluding diaryl/α,β-unsaturated/α-hetero) is 1. The molecule has 4 aliphatic carbocycles. The summed E-state index contributed by atoms with van der Waals surface area (Å²) in [6.07, 6.45) is -6.55. The van der Waals surface area contributed by atoms with Gasteiger partial charge in [0, 0.05) is 45.4 Å². The first kappa shape index (κ1) is 37.9. The first-order valence-electron chi connectivity index (χ1n) is 17.1. The third-order valence-corrected chi connectivity index (χ3v) is 11.3. The molecule has 4 aliphatic rings. The molecule has 4 fully saturated rings. The van der Waals surface area contributed by atoms with Crippen LogP contribution in [0.4, 0.5) is 0 Å². The first-order valence-corrected chi connectivity index (χ1v) is 17.1. The summed E-state index contributed by atoms with van der Waals surface area (Å²) in [5, 5.41) is 13.2. The number of benzene rings is 1. The molecule has 0 heterocycles. The van der Waals surface area contributed by atoms with Crippen LogP contribution < -0.4 is 0 Å². The van der Waals surface area contributed by atoms with Gasteiger partial charge in [0.05, 0.1) is 16.9 Å². The van der Waals surface area contributed by atoms with E-state index >= 15 is 0 Å². The fourth-order valence-corrected chi connectivity index (χ4v) is 9.77. The average molecular weight is 715 g/mol. The Kier molecular flexibility index (Phi) is 9.91. The molecule has 278 valence electrons. The van der Waals surface area contributed by atoms with Crippen molar-refractivity contribution >= 4 is 41.6 Å². The summed E-state index contributed by atoms with van der Waals surface area (Å²) in [5.41, 5.74) is -6.86. The summed E-state index contributed by atoms with van der Waals surface area (Å²) in [4.78, 5) is 92.6. The van der Waals surface area contributed by atoms with Gasteiger partial charge in [0.15, 0.2) is 24.4 Å². The van der Waals surface area contributed by atoms with Crippen molar-refractivity contribution in [3.05, 3.63) is 35.9 Å². The molecule has 1 aromatic rings. The number of rotatable bonds is 8. The molecular weight excluding hydrogens is 668 g/mol. The topological polar surface area (TPSA) is 195 Å². The average Bonchev–Trinajstić information content (AvgIpc) is 3.41. The Bertz CT molecular complexity index is 1620. The van der Waals surface area contributed by atoms with Gasteiger partial charge in [0.2, 0.25) is 0 Å². The van der Waals surface area contributed by atoms with Gasteiger partial charge in [-0.05, 0) is 36.8 Å². The van der Waals surface area contributed by atoms with E-state index in [1.54, 1.807) is 45.9 Å². The standard InChI is InChI=1S/C37H46O14/c1-18-14-36(45)27(28(18)50-31(44)23-12-10-9-11-13-23)30(49-26(42)17-46-19(2)38)37(51-22(5)41)15-24-25(16-34(6,7)29(24)43)35(8,32(36)47-20(3)39)33(37)48-21(4)40/h9-13,18,24-25,27-28,30,32-33,45H,14-17H2,1-8H3/t18-,24+,25-,27+,28-,30+,32+,33?,35?,36+,37?/m0/s1. The molecule has 0 aromatic heterocycles. The third-order valence-electron chi connectivity index (χ3n) is 11.3. The molecular formula is C37H46O14. The highest BCUT2D eigenvalue weighted by Crippen LogP contribution is 2.69. The largest absolute Gasteiger partial charge is 0.459 e. The van der Waals surface area contributed by atoms with Crippen LogP contribution in [0, 0.1) is 34.5 Å². The molecule has 51 heavy (non-hydrogen) atoms. The zero-order chi connectivity index (χ0) is 37.8.